The molecule has 1 amide bonds. The summed E-state index contributed by atoms with van der Waals surface area (Å²) < 4.78 is 21.6. The number of amides is 1. The maximum atomic E-state index is 14.0. The van der Waals surface area contributed by atoms with Crippen LogP contribution in [0.2, 0.25) is 0 Å². The standard InChI is InChI=1S/C21H25FN4O2/c1-25-9-14(8-24-25)7-23-21(27)17-11-26(10-13-2-3-13)20-16-6-15(22)4-5-19(16)28-12-18(17)20/h4-6,8-9,13,17-18,20H,2-3,7,10-12H2,1H3,(H,23,27)/t17-,18+,20+/m1/s1. The number of ether oxygens (including phenoxy) is 1. The summed E-state index contributed by atoms with van der Waals surface area (Å²) in [5.74, 6) is 1.14. The Hall–Kier alpha value is -2.41. The van der Waals surface area contributed by atoms with Crippen LogP contribution in [0.15, 0.2) is 30.6 Å². The van der Waals surface area contributed by atoms with Crippen LogP contribution in [-0.4, -0.2) is 40.3 Å². The molecule has 3 heterocycles. The van der Waals surface area contributed by atoms with E-state index >= 15 is 0 Å². The van der Waals surface area contributed by atoms with Crippen LogP contribution in [-0.2, 0) is 18.4 Å². The van der Waals surface area contributed by atoms with Crippen molar-refractivity contribution in [3.05, 3.63) is 47.5 Å². The average Bonchev–Trinajstić information content (AvgIpc) is 3.28. The van der Waals surface area contributed by atoms with E-state index in [4.69, 9.17) is 4.74 Å². The highest BCUT2D eigenvalue weighted by Gasteiger charge is 2.49. The lowest BCUT2D eigenvalue weighted by molar-refractivity contribution is -0.126. The van der Waals surface area contributed by atoms with Gasteiger partial charge in [-0.25, -0.2) is 4.39 Å². The number of carbonyl (C=O) groups excluding carboxylic acids is 1. The number of likely N-dealkylation sites (tertiary alicyclic amines) is 1. The van der Waals surface area contributed by atoms with E-state index in [-0.39, 0.29) is 29.6 Å². The lowest BCUT2D eigenvalue weighted by atomic mass is 9.84. The topological polar surface area (TPSA) is 59.4 Å². The number of hydrogen-bond acceptors (Lipinski definition) is 4. The molecule has 3 aliphatic rings. The Balaban J connectivity index is 1.37. The third kappa shape index (κ3) is 3.28. The molecule has 1 aromatic heterocycles. The van der Waals surface area contributed by atoms with Gasteiger partial charge < -0.3 is 10.1 Å². The molecule has 148 valence electrons. The molecule has 1 saturated carbocycles. The predicted octanol–water partition coefficient (Wildman–Crippen LogP) is 2.27. The van der Waals surface area contributed by atoms with Crippen LogP contribution in [0.1, 0.15) is 30.0 Å². The van der Waals surface area contributed by atoms with Crippen LogP contribution < -0.4 is 10.1 Å². The third-order valence-corrected chi connectivity index (χ3v) is 6.22. The van der Waals surface area contributed by atoms with E-state index < -0.39 is 0 Å². The zero-order valence-electron chi connectivity index (χ0n) is 16.0. The number of fused-ring (bicyclic) bond motifs is 3. The first kappa shape index (κ1) is 17.7. The smallest absolute Gasteiger partial charge is 0.225 e. The summed E-state index contributed by atoms with van der Waals surface area (Å²) in [7, 11) is 1.86. The van der Waals surface area contributed by atoms with Crippen LogP contribution in [0, 0.1) is 23.6 Å². The van der Waals surface area contributed by atoms with E-state index in [9.17, 15) is 9.18 Å². The van der Waals surface area contributed by atoms with E-state index in [2.05, 4.69) is 15.3 Å². The fourth-order valence-corrected chi connectivity index (χ4v) is 4.68. The summed E-state index contributed by atoms with van der Waals surface area (Å²) in [5.41, 5.74) is 1.87. The van der Waals surface area contributed by atoms with Crippen LogP contribution >= 0.6 is 0 Å². The number of benzene rings is 1. The van der Waals surface area contributed by atoms with Crippen LogP contribution in [0.5, 0.6) is 5.75 Å². The monoisotopic (exact) mass is 384 g/mol. The van der Waals surface area contributed by atoms with E-state index in [1.807, 2.05) is 13.2 Å². The summed E-state index contributed by atoms with van der Waals surface area (Å²) >= 11 is 0. The molecule has 0 radical (unpaired) electrons. The predicted molar refractivity (Wildman–Crippen MR) is 101 cm³/mol. The first-order valence-corrected chi connectivity index (χ1v) is 10.00. The molecule has 5 rings (SSSR count). The van der Waals surface area contributed by atoms with Gasteiger partial charge in [-0.15, -0.1) is 0 Å². The minimum absolute atomic E-state index is 0.0422. The van der Waals surface area contributed by atoms with Crippen molar-refractivity contribution in [2.24, 2.45) is 24.8 Å². The number of nitrogens with one attached hydrogen (secondary N) is 1. The minimum atomic E-state index is -0.251. The van der Waals surface area contributed by atoms with Crippen LogP contribution in [0.4, 0.5) is 4.39 Å². The Morgan fingerprint density at radius 2 is 2.25 bits per heavy atom. The van der Waals surface area contributed by atoms with Crippen LogP contribution in [0.3, 0.4) is 0 Å². The van der Waals surface area contributed by atoms with Gasteiger partial charge in [0.25, 0.3) is 0 Å². The highest BCUT2D eigenvalue weighted by Crippen LogP contribution is 2.49. The molecule has 0 bridgehead atoms. The molecule has 2 fully saturated rings. The van der Waals surface area contributed by atoms with Gasteiger partial charge in [-0.2, -0.15) is 5.10 Å². The first-order valence-electron chi connectivity index (χ1n) is 10.00. The molecule has 0 unspecified atom stereocenters. The largest absolute Gasteiger partial charge is 0.493 e. The Kier molecular flexibility index (Phi) is 4.34. The second-order valence-electron chi connectivity index (χ2n) is 8.35. The third-order valence-electron chi connectivity index (χ3n) is 6.22. The summed E-state index contributed by atoms with van der Waals surface area (Å²) in [6.07, 6.45) is 6.16. The zero-order chi connectivity index (χ0) is 19.3. The molecule has 1 aromatic carbocycles. The van der Waals surface area contributed by atoms with Gasteiger partial charge in [0.05, 0.1) is 18.7 Å². The van der Waals surface area contributed by atoms with Gasteiger partial charge in [-0.1, -0.05) is 0 Å². The second kappa shape index (κ2) is 6.88. The molecule has 3 atom stereocenters. The highest BCUT2D eigenvalue weighted by molar-refractivity contribution is 5.80. The van der Waals surface area contributed by atoms with Gasteiger partial charge in [0.2, 0.25) is 5.91 Å². The van der Waals surface area contributed by atoms with Gasteiger partial charge in [0.1, 0.15) is 11.6 Å². The molecule has 1 aliphatic carbocycles. The summed E-state index contributed by atoms with van der Waals surface area (Å²) in [4.78, 5) is 15.4. The molecule has 6 nitrogen and oxygen atoms in total. The lowest BCUT2D eigenvalue weighted by Crippen LogP contribution is -2.37. The van der Waals surface area contributed by atoms with E-state index in [1.165, 1.54) is 18.9 Å². The normalized spacial score (nSPS) is 26.4. The molecule has 2 aliphatic heterocycles. The average molecular weight is 384 g/mol. The molecule has 28 heavy (non-hydrogen) atoms. The molecular formula is C21H25FN4O2. The van der Waals surface area contributed by atoms with Crippen molar-refractivity contribution in [2.75, 3.05) is 19.7 Å². The SMILES string of the molecule is Cn1cc(CNC(=O)[C@@H]2CN(CC3CC3)[C@H]3c4cc(F)ccc4OC[C@@H]23)cn1. The molecule has 0 spiro atoms. The Morgan fingerprint density at radius 1 is 1.39 bits per heavy atom. The first-order chi connectivity index (χ1) is 13.6. The van der Waals surface area contributed by atoms with E-state index in [1.54, 1.807) is 23.0 Å². The molecule has 2 aromatic rings. The van der Waals surface area contributed by atoms with Crippen molar-refractivity contribution in [3.8, 4) is 5.75 Å². The second-order valence-corrected chi connectivity index (χ2v) is 8.35. The quantitative estimate of drug-likeness (QED) is 0.859. The Bertz CT molecular complexity index is 894. The zero-order valence-corrected chi connectivity index (χ0v) is 16.0. The van der Waals surface area contributed by atoms with E-state index in [0.717, 1.165) is 23.4 Å². The number of carbonyl (C=O) groups is 1. The Morgan fingerprint density at radius 3 is 3.00 bits per heavy atom. The summed E-state index contributed by atoms with van der Waals surface area (Å²) in [5, 5.41) is 7.21. The molecule has 1 N–H and O–H groups in total. The minimum Gasteiger partial charge on any atom is -0.493 e. The number of halogens is 1. The summed E-state index contributed by atoms with van der Waals surface area (Å²) in [6, 6.07) is 4.79. The van der Waals surface area contributed by atoms with Crippen molar-refractivity contribution >= 4 is 5.91 Å². The fourth-order valence-electron chi connectivity index (χ4n) is 4.68. The number of aryl methyl sites for hydroxylation is 1. The maximum Gasteiger partial charge on any atom is 0.225 e. The van der Waals surface area contributed by atoms with Gasteiger partial charge in [-0.3, -0.25) is 14.4 Å². The van der Waals surface area contributed by atoms with Crippen molar-refractivity contribution in [2.45, 2.75) is 25.4 Å². The van der Waals surface area contributed by atoms with Gasteiger partial charge in [-0.05, 0) is 37.0 Å². The fraction of sp³-hybridized carbons (Fsp3) is 0.524. The summed E-state index contributed by atoms with van der Waals surface area (Å²) in [6.45, 7) is 2.64. The van der Waals surface area contributed by atoms with Crippen molar-refractivity contribution in [1.29, 1.82) is 0 Å². The van der Waals surface area contributed by atoms with Gasteiger partial charge in [0.15, 0.2) is 0 Å². The van der Waals surface area contributed by atoms with Crippen molar-refractivity contribution in [1.82, 2.24) is 20.0 Å². The van der Waals surface area contributed by atoms with Gasteiger partial charge in [0, 0.05) is 56.0 Å². The molecule has 1 saturated heterocycles. The number of rotatable bonds is 5. The van der Waals surface area contributed by atoms with E-state index in [0.29, 0.717) is 25.6 Å². The van der Waals surface area contributed by atoms with Crippen molar-refractivity contribution < 1.29 is 13.9 Å². The number of hydrogen-bond donors (Lipinski definition) is 1. The Labute approximate surface area is 163 Å². The van der Waals surface area contributed by atoms with Crippen LogP contribution in [0.25, 0.3) is 0 Å². The van der Waals surface area contributed by atoms with Gasteiger partial charge >= 0.3 is 0 Å². The molecular weight excluding hydrogens is 359 g/mol. The number of aromatic nitrogens is 2. The lowest BCUT2D eigenvalue weighted by Gasteiger charge is -2.34. The number of nitrogens with zero attached hydrogens (tertiary/aromatic N) is 3. The maximum absolute atomic E-state index is 14.0. The van der Waals surface area contributed by atoms with Crippen molar-refractivity contribution in [3.63, 3.8) is 0 Å². The highest BCUT2D eigenvalue weighted by atomic mass is 19.1. The molecule has 7 heteroatoms.